The molecule has 0 aliphatic carbocycles. The molecule has 3 aromatic rings. The van der Waals surface area contributed by atoms with Crippen molar-refractivity contribution in [3.8, 4) is 0 Å². The van der Waals surface area contributed by atoms with Gasteiger partial charge in [0.15, 0.2) is 0 Å². The zero-order valence-electron chi connectivity index (χ0n) is 17.6. The average molecular weight is 428 g/mol. The summed E-state index contributed by atoms with van der Waals surface area (Å²) in [5.41, 5.74) is 1.61. The quantitative estimate of drug-likeness (QED) is 0.483. The van der Waals surface area contributed by atoms with Crippen molar-refractivity contribution in [3.63, 3.8) is 0 Å². The van der Waals surface area contributed by atoms with E-state index in [1.807, 2.05) is 58.5 Å². The number of anilines is 5. The third kappa shape index (κ3) is 6.11. The van der Waals surface area contributed by atoms with Gasteiger partial charge in [-0.05, 0) is 45.2 Å². The Kier molecular flexibility index (Phi) is 6.46. The predicted octanol–water partition coefficient (Wildman–Crippen LogP) is 4.77. The molecule has 10 heteroatoms. The van der Waals surface area contributed by atoms with Crippen LogP contribution in [0.1, 0.15) is 20.8 Å². The highest BCUT2D eigenvalue weighted by Gasteiger charge is 2.16. The molecule has 9 nitrogen and oxygen atoms in total. The Morgan fingerprint density at radius 2 is 1.90 bits per heavy atom. The number of amides is 1. The van der Waals surface area contributed by atoms with Gasteiger partial charge in [0.1, 0.15) is 11.4 Å². The molecule has 2 aromatic heterocycles. The number of hydrogen-bond donors (Lipinski definition) is 3. The van der Waals surface area contributed by atoms with Gasteiger partial charge in [-0.2, -0.15) is 10.1 Å². The maximum atomic E-state index is 12.0. The van der Waals surface area contributed by atoms with Gasteiger partial charge in [0.25, 0.3) is 0 Å². The van der Waals surface area contributed by atoms with Gasteiger partial charge < -0.3 is 15.4 Å². The van der Waals surface area contributed by atoms with Crippen molar-refractivity contribution >= 4 is 46.7 Å². The summed E-state index contributed by atoms with van der Waals surface area (Å²) in [6.07, 6.45) is 6.74. The highest BCUT2D eigenvalue weighted by Crippen LogP contribution is 2.28. The number of hydrogen-bond acceptors (Lipinski definition) is 8. The molecule has 0 saturated heterocycles. The van der Waals surface area contributed by atoms with Crippen LogP contribution in [0.4, 0.5) is 33.6 Å². The van der Waals surface area contributed by atoms with Crippen LogP contribution in [0.3, 0.4) is 0 Å². The molecule has 1 amide bonds. The van der Waals surface area contributed by atoms with Gasteiger partial charge in [0.2, 0.25) is 5.95 Å². The van der Waals surface area contributed by atoms with Gasteiger partial charge in [-0.15, -0.1) is 11.8 Å². The Bertz CT molecular complexity index is 1030. The fourth-order valence-corrected chi connectivity index (χ4v) is 2.97. The zero-order valence-corrected chi connectivity index (χ0v) is 18.4. The molecule has 2 heterocycles. The number of ether oxygens (including phenoxy) is 1. The summed E-state index contributed by atoms with van der Waals surface area (Å²) in [6.45, 7) is 5.46. The smallest absolute Gasteiger partial charge is 0.412 e. The average Bonchev–Trinajstić information content (AvgIpc) is 3.05. The highest BCUT2D eigenvalue weighted by molar-refractivity contribution is 7.98. The van der Waals surface area contributed by atoms with E-state index >= 15 is 0 Å². The molecule has 0 bridgehead atoms. The number of aromatic nitrogens is 4. The first kappa shape index (κ1) is 21.4. The number of benzene rings is 1. The minimum absolute atomic E-state index is 0.450. The van der Waals surface area contributed by atoms with Gasteiger partial charge in [-0.1, -0.05) is 6.07 Å². The van der Waals surface area contributed by atoms with Crippen LogP contribution in [-0.4, -0.2) is 37.7 Å². The second-order valence-corrected chi connectivity index (χ2v) is 8.32. The van der Waals surface area contributed by atoms with Crippen molar-refractivity contribution in [2.24, 2.45) is 7.05 Å². The first-order chi connectivity index (χ1) is 14.2. The lowest BCUT2D eigenvalue weighted by atomic mass is 10.2. The van der Waals surface area contributed by atoms with E-state index in [4.69, 9.17) is 4.74 Å². The van der Waals surface area contributed by atoms with Crippen LogP contribution in [0.2, 0.25) is 0 Å². The lowest BCUT2D eigenvalue weighted by Gasteiger charge is -2.20. The van der Waals surface area contributed by atoms with Gasteiger partial charge >= 0.3 is 6.09 Å². The fraction of sp³-hybridized carbons (Fsp3) is 0.300. The standard InChI is InChI=1S/C20H25N7O2S/c1-20(2,3)29-19(28)25-14-8-6-7-13(9-14)23-17-16(30-5)11-21-18(26-17)24-15-10-22-27(4)12-15/h6-12H,1-5H3,(H,25,28)(H2,21,23,24,26). The lowest BCUT2D eigenvalue weighted by Crippen LogP contribution is -2.27. The van der Waals surface area contributed by atoms with Gasteiger partial charge in [-0.3, -0.25) is 10.00 Å². The molecule has 1 aromatic carbocycles. The van der Waals surface area contributed by atoms with E-state index in [2.05, 4.69) is 31.0 Å². The van der Waals surface area contributed by atoms with E-state index in [1.165, 1.54) is 11.8 Å². The Morgan fingerprint density at radius 1 is 1.13 bits per heavy atom. The molecule has 3 N–H and O–H groups in total. The van der Waals surface area contributed by atoms with Crippen molar-refractivity contribution < 1.29 is 9.53 Å². The van der Waals surface area contributed by atoms with Crippen molar-refractivity contribution in [1.82, 2.24) is 19.7 Å². The van der Waals surface area contributed by atoms with Crippen molar-refractivity contribution in [2.75, 3.05) is 22.2 Å². The summed E-state index contributed by atoms with van der Waals surface area (Å²) in [7, 11) is 1.84. The fourth-order valence-electron chi connectivity index (χ4n) is 2.52. The third-order valence-electron chi connectivity index (χ3n) is 3.71. The second-order valence-electron chi connectivity index (χ2n) is 7.47. The van der Waals surface area contributed by atoms with E-state index in [0.29, 0.717) is 17.5 Å². The summed E-state index contributed by atoms with van der Waals surface area (Å²) < 4.78 is 7.00. The molecule has 3 rings (SSSR count). The molecule has 0 spiro atoms. The number of nitrogens with one attached hydrogen (secondary N) is 3. The maximum absolute atomic E-state index is 12.0. The number of nitrogens with zero attached hydrogens (tertiary/aromatic N) is 4. The lowest BCUT2D eigenvalue weighted by molar-refractivity contribution is 0.0636. The number of thioether (sulfide) groups is 1. The number of carbonyl (C=O) groups excluding carboxylic acids is 1. The molecule has 0 aliphatic rings. The van der Waals surface area contributed by atoms with Gasteiger partial charge in [0, 0.05) is 30.8 Å². The Labute approximate surface area is 179 Å². The first-order valence-corrected chi connectivity index (χ1v) is 10.5. The normalized spacial score (nSPS) is 11.1. The van der Waals surface area contributed by atoms with Crippen LogP contribution in [0.15, 0.2) is 47.8 Å². The van der Waals surface area contributed by atoms with Gasteiger partial charge in [-0.25, -0.2) is 9.78 Å². The Hall–Kier alpha value is -3.27. The summed E-state index contributed by atoms with van der Waals surface area (Å²) in [4.78, 5) is 21.8. The van der Waals surface area contributed by atoms with Crippen molar-refractivity contribution in [3.05, 3.63) is 42.9 Å². The molecule has 0 unspecified atom stereocenters. The minimum atomic E-state index is -0.564. The first-order valence-electron chi connectivity index (χ1n) is 9.25. The summed E-state index contributed by atoms with van der Waals surface area (Å²) >= 11 is 1.53. The van der Waals surface area contributed by atoms with Crippen molar-refractivity contribution in [2.45, 2.75) is 31.3 Å². The summed E-state index contributed by atoms with van der Waals surface area (Å²) in [5, 5.41) is 13.3. The van der Waals surface area contributed by atoms with Crippen LogP contribution in [0.25, 0.3) is 0 Å². The minimum Gasteiger partial charge on any atom is -0.444 e. The van der Waals surface area contributed by atoms with Crippen LogP contribution in [0.5, 0.6) is 0 Å². The monoisotopic (exact) mass is 427 g/mol. The molecule has 0 fully saturated rings. The second kappa shape index (κ2) is 9.04. The van der Waals surface area contributed by atoms with E-state index in [1.54, 1.807) is 23.1 Å². The SMILES string of the molecule is CSc1cnc(Nc2cnn(C)c2)nc1Nc1cccc(NC(=O)OC(C)(C)C)c1. The molecule has 0 saturated carbocycles. The molecular formula is C20H25N7O2S. The topological polar surface area (TPSA) is 106 Å². The summed E-state index contributed by atoms with van der Waals surface area (Å²) in [6, 6.07) is 7.33. The van der Waals surface area contributed by atoms with Crippen LogP contribution in [-0.2, 0) is 11.8 Å². The molecule has 0 radical (unpaired) electrons. The molecule has 30 heavy (non-hydrogen) atoms. The van der Waals surface area contributed by atoms with E-state index in [-0.39, 0.29) is 0 Å². The zero-order chi connectivity index (χ0) is 21.7. The number of rotatable bonds is 6. The van der Waals surface area contributed by atoms with Crippen LogP contribution in [0, 0.1) is 0 Å². The molecule has 158 valence electrons. The third-order valence-corrected chi connectivity index (χ3v) is 4.45. The molecule has 0 aliphatic heterocycles. The number of aryl methyl sites for hydroxylation is 1. The molecular weight excluding hydrogens is 402 g/mol. The Balaban J connectivity index is 1.76. The summed E-state index contributed by atoms with van der Waals surface area (Å²) in [5.74, 6) is 1.10. The van der Waals surface area contributed by atoms with E-state index in [0.717, 1.165) is 16.3 Å². The maximum Gasteiger partial charge on any atom is 0.412 e. The number of carbonyl (C=O) groups is 1. The van der Waals surface area contributed by atoms with Crippen molar-refractivity contribution in [1.29, 1.82) is 0 Å². The van der Waals surface area contributed by atoms with E-state index in [9.17, 15) is 4.79 Å². The predicted molar refractivity (Wildman–Crippen MR) is 120 cm³/mol. The molecule has 0 atom stereocenters. The van der Waals surface area contributed by atoms with Crippen LogP contribution < -0.4 is 16.0 Å². The van der Waals surface area contributed by atoms with Gasteiger partial charge in [0.05, 0.1) is 16.8 Å². The Morgan fingerprint density at radius 3 is 2.57 bits per heavy atom. The van der Waals surface area contributed by atoms with E-state index < -0.39 is 11.7 Å². The largest absolute Gasteiger partial charge is 0.444 e. The van der Waals surface area contributed by atoms with Crippen LogP contribution >= 0.6 is 11.8 Å². The highest BCUT2D eigenvalue weighted by atomic mass is 32.2.